The number of carbonyl (C=O) groups excluding carboxylic acids is 1. The van der Waals surface area contributed by atoms with Gasteiger partial charge in [0.25, 0.3) is 0 Å². The third-order valence-corrected chi connectivity index (χ3v) is 8.18. The zero-order valence-electron chi connectivity index (χ0n) is 21.2. The topological polar surface area (TPSA) is 38.8 Å². The molecule has 5 nitrogen and oxygen atoms in total. The number of likely N-dealkylation sites (tertiary alicyclic amines) is 3. The Kier molecular flexibility index (Phi) is 12.4. The molecule has 0 aromatic heterocycles. The largest absolute Gasteiger partial charge is 0.343 e. The molecule has 186 valence electrons. The summed E-state index contributed by atoms with van der Waals surface area (Å²) in [5, 5.41) is 3.43. The minimum atomic E-state index is 0.401. The molecular formula is C27H52N4O. The van der Waals surface area contributed by atoms with E-state index in [4.69, 9.17) is 0 Å². The van der Waals surface area contributed by atoms with E-state index in [9.17, 15) is 4.79 Å². The Morgan fingerprint density at radius 3 is 1.75 bits per heavy atom. The summed E-state index contributed by atoms with van der Waals surface area (Å²) in [7, 11) is 0. The van der Waals surface area contributed by atoms with Gasteiger partial charge in [-0.2, -0.15) is 0 Å². The third kappa shape index (κ3) is 8.95. The lowest BCUT2D eigenvalue weighted by atomic mass is 9.99. The summed E-state index contributed by atoms with van der Waals surface area (Å²) < 4.78 is 0. The normalized spacial score (nSPS) is 24.7. The maximum Gasteiger partial charge on any atom is 0.222 e. The van der Waals surface area contributed by atoms with Crippen LogP contribution in [-0.4, -0.2) is 85.0 Å². The predicted molar refractivity (Wildman–Crippen MR) is 135 cm³/mol. The van der Waals surface area contributed by atoms with Crippen molar-refractivity contribution in [3.8, 4) is 0 Å². The minimum absolute atomic E-state index is 0.401. The Hall–Kier alpha value is -0.650. The molecule has 0 unspecified atom stereocenters. The zero-order chi connectivity index (χ0) is 22.4. The molecule has 4 aliphatic rings. The number of nitrogens with one attached hydrogen (secondary N) is 1. The highest BCUT2D eigenvalue weighted by Gasteiger charge is 2.27. The molecule has 0 atom stereocenters. The average Bonchev–Trinajstić information content (AvgIpc) is 2.88. The first-order chi connectivity index (χ1) is 15.8. The number of hydrogen-bond acceptors (Lipinski definition) is 4. The van der Waals surface area contributed by atoms with E-state index in [2.05, 4.69) is 26.9 Å². The number of carbonyl (C=O) groups is 1. The van der Waals surface area contributed by atoms with Crippen LogP contribution >= 0.6 is 0 Å². The first kappa shape index (κ1) is 26.0. The quantitative estimate of drug-likeness (QED) is 0.575. The number of piperidine rings is 4. The Labute approximate surface area is 198 Å². The summed E-state index contributed by atoms with van der Waals surface area (Å²) >= 11 is 0. The second-order valence-electron chi connectivity index (χ2n) is 10.6. The van der Waals surface area contributed by atoms with Crippen molar-refractivity contribution in [3.05, 3.63) is 0 Å². The molecule has 0 aromatic carbocycles. The number of nitrogens with zero attached hydrogens (tertiary/aromatic N) is 3. The van der Waals surface area contributed by atoms with Gasteiger partial charge in [0.15, 0.2) is 0 Å². The van der Waals surface area contributed by atoms with Crippen molar-refractivity contribution in [2.24, 2.45) is 0 Å². The highest BCUT2D eigenvalue weighted by atomic mass is 16.2. The fourth-order valence-corrected chi connectivity index (χ4v) is 6.08. The average molecular weight is 449 g/mol. The van der Waals surface area contributed by atoms with Gasteiger partial charge in [-0.05, 0) is 97.1 Å². The van der Waals surface area contributed by atoms with Crippen molar-refractivity contribution < 1.29 is 4.79 Å². The third-order valence-electron chi connectivity index (χ3n) is 8.18. The van der Waals surface area contributed by atoms with E-state index >= 15 is 0 Å². The Bertz CT molecular complexity index is 472. The van der Waals surface area contributed by atoms with Crippen molar-refractivity contribution in [1.82, 2.24) is 20.0 Å². The van der Waals surface area contributed by atoms with E-state index < -0.39 is 0 Å². The molecule has 4 heterocycles. The van der Waals surface area contributed by atoms with Gasteiger partial charge in [0, 0.05) is 31.6 Å². The highest BCUT2D eigenvalue weighted by Crippen LogP contribution is 2.21. The lowest BCUT2D eigenvalue weighted by Gasteiger charge is -2.40. The van der Waals surface area contributed by atoms with Gasteiger partial charge >= 0.3 is 0 Å². The van der Waals surface area contributed by atoms with Crippen molar-refractivity contribution >= 4 is 5.91 Å². The molecular weight excluding hydrogens is 396 g/mol. The summed E-state index contributed by atoms with van der Waals surface area (Å²) in [6.07, 6.45) is 19.2. The van der Waals surface area contributed by atoms with Crippen LogP contribution in [0.3, 0.4) is 0 Å². The van der Waals surface area contributed by atoms with Gasteiger partial charge in [0.2, 0.25) is 5.91 Å². The van der Waals surface area contributed by atoms with Crippen LogP contribution in [0.25, 0.3) is 0 Å². The monoisotopic (exact) mass is 448 g/mol. The molecule has 0 spiro atoms. The molecule has 0 aliphatic carbocycles. The van der Waals surface area contributed by atoms with Crippen LogP contribution in [0.4, 0.5) is 0 Å². The lowest BCUT2D eigenvalue weighted by molar-refractivity contribution is -0.133. The van der Waals surface area contributed by atoms with E-state index in [0.717, 1.165) is 38.0 Å². The van der Waals surface area contributed by atoms with Crippen LogP contribution in [0, 0.1) is 0 Å². The summed E-state index contributed by atoms with van der Waals surface area (Å²) in [6.45, 7) is 12.0. The van der Waals surface area contributed by atoms with Gasteiger partial charge in [-0.15, -0.1) is 0 Å². The molecule has 1 amide bonds. The Morgan fingerprint density at radius 2 is 1.22 bits per heavy atom. The van der Waals surface area contributed by atoms with Crippen molar-refractivity contribution in [2.75, 3.05) is 52.4 Å². The molecule has 5 heteroatoms. The van der Waals surface area contributed by atoms with E-state index in [-0.39, 0.29) is 0 Å². The lowest BCUT2D eigenvalue weighted by Crippen LogP contribution is -2.48. The van der Waals surface area contributed by atoms with E-state index in [1.54, 1.807) is 0 Å². The summed E-state index contributed by atoms with van der Waals surface area (Å²) in [4.78, 5) is 19.7. The first-order valence-corrected chi connectivity index (χ1v) is 14.2. The molecule has 0 bridgehead atoms. The van der Waals surface area contributed by atoms with Crippen LogP contribution in [0.5, 0.6) is 0 Å². The van der Waals surface area contributed by atoms with Gasteiger partial charge in [0.05, 0.1) is 0 Å². The molecule has 4 fully saturated rings. The van der Waals surface area contributed by atoms with Crippen LogP contribution in [0.15, 0.2) is 0 Å². The minimum Gasteiger partial charge on any atom is -0.343 e. The van der Waals surface area contributed by atoms with E-state index in [1.807, 2.05) is 0 Å². The van der Waals surface area contributed by atoms with Gasteiger partial charge in [0.1, 0.15) is 0 Å². The number of amides is 1. The predicted octanol–water partition coefficient (Wildman–Crippen LogP) is 4.66. The Balaban J connectivity index is 0.000000204. The molecule has 0 saturated carbocycles. The standard InChI is InChI=1S/C17H32N2O.C10H20N2/c1-2-3-4-6-9-17(20)19-14-10-16(11-15-19)18-12-7-5-8-13-18;1-2-8-12(9-3-1)10-4-6-11-7-5-10/h16H,2-15H2,1H3;10-11H,1-9H2. The smallest absolute Gasteiger partial charge is 0.222 e. The summed E-state index contributed by atoms with van der Waals surface area (Å²) in [5.41, 5.74) is 0. The maximum atomic E-state index is 12.2. The van der Waals surface area contributed by atoms with Crippen LogP contribution < -0.4 is 5.32 Å². The van der Waals surface area contributed by atoms with Crippen molar-refractivity contribution in [3.63, 3.8) is 0 Å². The molecule has 4 aliphatic heterocycles. The second kappa shape index (κ2) is 15.3. The van der Waals surface area contributed by atoms with Crippen LogP contribution in [0.2, 0.25) is 0 Å². The zero-order valence-corrected chi connectivity index (χ0v) is 21.2. The highest BCUT2D eigenvalue weighted by molar-refractivity contribution is 5.76. The Morgan fingerprint density at radius 1 is 0.688 bits per heavy atom. The van der Waals surface area contributed by atoms with Crippen LogP contribution in [0.1, 0.15) is 103 Å². The first-order valence-electron chi connectivity index (χ1n) is 14.2. The number of rotatable bonds is 7. The maximum absolute atomic E-state index is 12.2. The number of hydrogen-bond donors (Lipinski definition) is 1. The van der Waals surface area contributed by atoms with Gasteiger partial charge < -0.3 is 20.0 Å². The molecule has 0 aromatic rings. The van der Waals surface area contributed by atoms with E-state index in [0.29, 0.717) is 5.91 Å². The van der Waals surface area contributed by atoms with Gasteiger partial charge in [-0.1, -0.05) is 39.0 Å². The molecule has 1 N–H and O–H groups in total. The van der Waals surface area contributed by atoms with Crippen molar-refractivity contribution in [2.45, 2.75) is 115 Å². The van der Waals surface area contributed by atoms with Gasteiger partial charge in [-0.25, -0.2) is 0 Å². The van der Waals surface area contributed by atoms with Gasteiger partial charge in [-0.3, -0.25) is 4.79 Å². The van der Waals surface area contributed by atoms with Crippen molar-refractivity contribution in [1.29, 1.82) is 0 Å². The fraction of sp³-hybridized carbons (Fsp3) is 0.963. The van der Waals surface area contributed by atoms with Crippen LogP contribution in [-0.2, 0) is 4.79 Å². The molecule has 4 saturated heterocycles. The fourth-order valence-electron chi connectivity index (χ4n) is 6.08. The summed E-state index contributed by atoms with van der Waals surface area (Å²) in [6, 6.07) is 1.66. The summed E-state index contributed by atoms with van der Waals surface area (Å²) in [5.74, 6) is 0.401. The molecule has 32 heavy (non-hydrogen) atoms. The number of unbranched alkanes of at least 4 members (excludes halogenated alkanes) is 3. The van der Waals surface area contributed by atoms with E-state index in [1.165, 1.54) is 123 Å². The molecule has 4 rings (SSSR count). The SMILES string of the molecule is C1CCN(C2CCNCC2)CC1.CCCCCCC(=O)N1CCC(N2CCCCC2)CC1. The molecule has 0 radical (unpaired) electrons. The second-order valence-corrected chi connectivity index (χ2v) is 10.6.